The molecule has 1 aliphatic rings. The summed E-state index contributed by atoms with van der Waals surface area (Å²) in [5.74, 6) is -2.06. The Bertz CT molecular complexity index is 675. The van der Waals surface area contributed by atoms with E-state index >= 15 is 0 Å². The molecule has 1 aromatic carbocycles. The Hall–Kier alpha value is -1.57. The zero-order valence-corrected chi connectivity index (χ0v) is 15.6. The number of nitrogens with one attached hydrogen (secondary N) is 1. The molecule has 6 nitrogen and oxygen atoms in total. The van der Waals surface area contributed by atoms with Crippen LogP contribution in [0.15, 0.2) is 29.3 Å². The van der Waals surface area contributed by atoms with E-state index in [4.69, 9.17) is 0 Å². The van der Waals surface area contributed by atoms with E-state index in [2.05, 4.69) is 4.99 Å². The van der Waals surface area contributed by atoms with Gasteiger partial charge in [0.2, 0.25) is 5.91 Å². The molecule has 24 heavy (non-hydrogen) atoms. The molecule has 122 valence electrons. The first kappa shape index (κ1) is 20.5. The molecule has 1 atom stereocenters. The average Bonchev–Trinajstić information content (AvgIpc) is 2.50. The largest absolute Gasteiger partial charge is 1.00 e. The number of nitrogens with zero attached hydrogens (tertiary/aromatic N) is 1. The second kappa shape index (κ2) is 8.50. The maximum absolute atomic E-state index is 12.8. The van der Waals surface area contributed by atoms with Crippen molar-refractivity contribution >= 4 is 23.6 Å². The summed E-state index contributed by atoms with van der Waals surface area (Å²) >= 11 is 0. The van der Waals surface area contributed by atoms with Crippen LogP contribution < -0.4 is 40.0 Å². The van der Waals surface area contributed by atoms with Gasteiger partial charge in [0.05, 0.1) is 5.41 Å². The van der Waals surface area contributed by atoms with Crippen LogP contribution in [0.1, 0.15) is 43.0 Å². The summed E-state index contributed by atoms with van der Waals surface area (Å²) in [5.41, 5.74) is -1.02. The number of carbonyl (C=O) groups is 3. The van der Waals surface area contributed by atoms with Gasteiger partial charge in [0.1, 0.15) is 5.82 Å². The average molecular weight is 342 g/mol. The van der Waals surface area contributed by atoms with Gasteiger partial charge >= 0.3 is 35.6 Å². The van der Waals surface area contributed by atoms with E-state index in [1.165, 1.54) is 24.3 Å². The van der Waals surface area contributed by atoms with Crippen LogP contribution >= 0.6 is 0 Å². The standard InChI is InChI=1S/C16H17FN2O4.Na/c1-2-16(13(21)18-15(23)19-14(16)22)9-3-4-12(20)10-5-7-11(17)8-6-10;/h5-8H,2-4,9H2,1H3,(H2,18,19,21,22,23);/q;+1/p-1. The molecule has 0 aromatic heterocycles. The summed E-state index contributed by atoms with van der Waals surface area (Å²) in [6.07, 6.45) is 0.714. The zero-order valence-electron chi connectivity index (χ0n) is 13.6. The number of hydrogen-bond acceptors (Lipinski definition) is 4. The van der Waals surface area contributed by atoms with Crippen LogP contribution in [0, 0.1) is 11.2 Å². The van der Waals surface area contributed by atoms with Gasteiger partial charge in [-0.3, -0.25) is 14.9 Å². The van der Waals surface area contributed by atoms with Gasteiger partial charge in [0, 0.05) is 12.0 Å². The first-order chi connectivity index (χ1) is 10.9. The summed E-state index contributed by atoms with van der Waals surface area (Å²) < 4.78 is 12.8. The molecule has 0 saturated heterocycles. The first-order valence-electron chi connectivity index (χ1n) is 7.29. The van der Waals surface area contributed by atoms with Crippen LogP contribution in [0.25, 0.3) is 0 Å². The molecule has 0 radical (unpaired) electrons. The molecular formula is C16H16FN2NaO4. The van der Waals surface area contributed by atoms with Crippen molar-refractivity contribution in [3.05, 3.63) is 35.6 Å². The molecule has 1 aliphatic heterocycles. The molecule has 2 rings (SSSR count). The Morgan fingerprint density at radius 2 is 1.92 bits per heavy atom. The van der Waals surface area contributed by atoms with Crippen molar-refractivity contribution < 1.29 is 53.4 Å². The molecule has 0 aliphatic carbocycles. The Labute approximate surface area is 160 Å². The smallest absolute Gasteiger partial charge is 0.861 e. The third-order valence-corrected chi connectivity index (χ3v) is 4.04. The maximum atomic E-state index is 12.8. The fraction of sp³-hybridized carbons (Fsp3) is 0.375. The van der Waals surface area contributed by atoms with Gasteiger partial charge in [-0.2, -0.15) is 0 Å². The molecule has 1 N–H and O–H groups in total. The van der Waals surface area contributed by atoms with E-state index in [1.807, 2.05) is 5.32 Å². The van der Waals surface area contributed by atoms with E-state index in [1.54, 1.807) is 6.92 Å². The van der Waals surface area contributed by atoms with Crippen molar-refractivity contribution in [1.82, 2.24) is 5.32 Å². The third-order valence-electron chi connectivity index (χ3n) is 4.04. The molecule has 0 fully saturated rings. The fourth-order valence-electron chi connectivity index (χ4n) is 2.58. The van der Waals surface area contributed by atoms with Gasteiger partial charge in [-0.25, -0.2) is 14.2 Å². The molecule has 8 heteroatoms. The van der Waals surface area contributed by atoms with Crippen LogP contribution in [0.2, 0.25) is 0 Å². The SMILES string of the molecule is CCC1(CCCC(=O)c2ccc(F)cc2)C(=O)NC(=O)N=C1[O-].[Na+]. The minimum Gasteiger partial charge on any atom is -0.861 e. The van der Waals surface area contributed by atoms with Crippen LogP contribution in [-0.4, -0.2) is 23.6 Å². The first-order valence-corrected chi connectivity index (χ1v) is 7.29. The number of carbonyl (C=O) groups excluding carboxylic acids is 3. The number of halogens is 1. The molecular weight excluding hydrogens is 326 g/mol. The quantitative estimate of drug-likeness (QED) is 0.507. The number of imide groups is 1. The van der Waals surface area contributed by atoms with Crippen molar-refractivity contribution in [3.63, 3.8) is 0 Å². The Kier molecular flexibility index (Phi) is 7.26. The molecule has 3 amide bonds. The summed E-state index contributed by atoms with van der Waals surface area (Å²) in [4.78, 5) is 38.4. The van der Waals surface area contributed by atoms with Crippen LogP contribution in [-0.2, 0) is 4.79 Å². The number of ketones is 1. The summed E-state index contributed by atoms with van der Waals surface area (Å²) in [5, 5.41) is 14.0. The van der Waals surface area contributed by atoms with Gasteiger partial charge in [0.25, 0.3) is 0 Å². The summed E-state index contributed by atoms with van der Waals surface area (Å²) in [6.45, 7) is 1.66. The molecule has 1 aromatic rings. The maximum Gasteiger partial charge on any atom is 1.00 e. The van der Waals surface area contributed by atoms with Gasteiger partial charge in [-0.1, -0.05) is 6.92 Å². The van der Waals surface area contributed by atoms with Gasteiger partial charge in [-0.05, 0) is 49.4 Å². The second-order valence-corrected chi connectivity index (χ2v) is 5.40. The number of amides is 3. The van der Waals surface area contributed by atoms with E-state index < -0.39 is 29.1 Å². The van der Waals surface area contributed by atoms with Crippen LogP contribution in [0.3, 0.4) is 0 Å². The Morgan fingerprint density at radius 3 is 2.46 bits per heavy atom. The Balaban J connectivity index is 0.00000288. The molecule has 0 bridgehead atoms. The Morgan fingerprint density at radius 1 is 1.29 bits per heavy atom. The van der Waals surface area contributed by atoms with E-state index in [0.717, 1.165) is 0 Å². The van der Waals surface area contributed by atoms with Crippen molar-refractivity contribution in [2.75, 3.05) is 0 Å². The number of aliphatic imine (C=N–C) groups is 1. The number of benzene rings is 1. The second-order valence-electron chi connectivity index (χ2n) is 5.40. The molecule has 0 saturated carbocycles. The minimum absolute atomic E-state index is 0. The number of hydrogen-bond donors (Lipinski definition) is 1. The van der Waals surface area contributed by atoms with Crippen molar-refractivity contribution in [2.45, 2.75) is 32.6 Å². The van der Waals surface area contributed by atoms with Crippen LogP contribution in [0.5, 0.6) is 0 Å². The van der Waals surface area contributed by atoms with Crippen molar-refractivity contribution in [2.24, 2.45) is 10.4 Å². The fourth-order valence-corrected chi connectivity index (χ4v) is 2.58. The van der Waals surface area contributed by atoms with E-state index in [0.29, 0.717) is 5.56 Å². The molecule has 1 unspecified atom stereocenters. The third kappa shape index (κ3) is 4.28. The zero-order chi connectivity index (χ0) is 17.0. The van der Waals surface area contributed by atoms with Crippen molar-refractivity contribution in [1.29, 1.82) is 0 Å². The number of urea groups is 1. The number of Topliss-reactive ketones (excluding diaryl/α,β-unsaturated/α-hetero) is 1. The van der Waals surface area contributed by atoms with Gasteiger partial charge < -0.3 is 5.11 Å². The minimum atomic E-state index is -1.39. The molecule has 0 spiro atoms. The topological polar surface area (TPSA) is 98.7 Å². The van der Waals surface area contributed by atoms with Gasteiger partial charge in [-0.15, -0.1) is 0 Å². The monoisotopic (exact) mass is 342 g/mol. The van der Waals surface area contributed by atoms with E-state index in [9.17, 15) is 23.9 Å². The predicted molar refractivity (Wildman–Crippen MR) is 78.3 cm³/mol. The van der Waals surface area contributed by atoms with Gasteiger partial charge in [0.15, 0.2) is 5.78 Å². The summed E-state index contributed by atoms with van der Waals surface area (Å²) in [6, 6.07) is 4.22. The van der Waals surface area contributed by atoms with E-state index in [-0.39, 0.29) is 61.0 Å². The predicted octanol–water partition coefficient (Wildman–Crippen LogP) is -1.41. The number of rotatable bonds is 6. The van der Waals surface area contributed by atoms with Crippen molar-refractivity contribution in [3.8, 4) is 0 Å². The normalized spacial score (nSPS) is 20.0. The summed E-state index contributed by atoms with van der Waals surface area (Å²) in [7, 11) is 0. The molecule has 1 heterocycles. The van der Waals surface area contributed by atoms with Crippen LogP contribution in [0.4, 0.5) is 9.18 Å².